The van der Waals surface area contributed by atoms with Crippen LogP contribution in [-0.4, -0.2) is 77.1 Å². The van der Waals surface area contributed by atoms with E-state index in [9.17, 15) is 34.2 Å². The molecule has 0 aliphatic carbocycles. The van der Waals surface area contributed by atoms with E-state index in [0.717, 1.165) is 5.56 Å². The van der Waals surface area contributed by atoms with E-state index in [1.807, 2.05) is 30.3 Å². The Labute approximate surface area is 221 Å². The fraction of sp³-hybridized carbons (Fsp3) is 0.560. The Morgan fingerprint density at radius 2 is 1.21 bits per heavy atom. The number of benzene rings is 1. The summed E-state index contributed by atoms with van der Waals surface area (Å²) in [6.45, 7) is 0.713. The Bertz CT molecular complexity index is 915. The number of rotatable bonds is 19. The topological polar surface area (TPSA) is 240 Å². The van der Waals surface area contributed by atoms with E-state index >= 15 is 0 Å². The minimum Gasteiger partial charge on any atom is -0.481 e. The molecule has 0 bridgehead atoms. The highest BCUT2D eigenvalue weighted by molar-refractivity contribution is 5.95. The van der Waals surface area contributed by atoms with Crippen molar-refractivity contribution in [3.63, 3.8) is 0 Å². The molecule has 1 aromatic carbocycles. The third-order valence-corrected chi connectivity index (χ3v) is 5.79. The van der Waals surface area contributed by atoms with Crippen LogP contribution in [0, 0.1) is 0 Å². The summed E-state index contributed by atoms with van der Waals surface area (Å²) < 4.78 is 0. The van der Waals surface area contributed by atoms with Gasteiger partial charge >= 0.3 is 11.9 Å². The second kappa shape index (κ2) is 17.8. The minimum absolute atomic E-state index is 0.0864. The van der Waals surface area contributed by atoms with Gasteiger partial charge in [-0.15, -0.1) is 0 Å². The number of amides is 3. The molecule has 0 aromatic heterocycles. The Balaban J connectivity index is 2.95. The third-order valence-electron chi connectivity index (χ3n) is 5.79. The Morgan fingerprint density at radius 3 is 1.74 bits per heavy atom. The van der Waals surface area contributed by atoms with E-state index in [4.69, 9.17) is 17.2 Å². The van der Waals surface area contributed by atoms with Crippen LogP contribution in [0.25, 0.3) is 0 Å². The summed E-state index contributed by atoms with van der Waals surface area (Å²) in [5.41, 5.74) is 17.8. The Kier molecular flexibility index (Phi) is 15.2. The maximum Gasteiger partial charge on any atom is 0.326 e. The van der Waals surface area contributed by atoms with Gasteiger partial charge in [-0.3, -0.25) is 19.2 Å². The summed E-state index contributed by atoms with van der Waals surface area (Å²) in [5.74, 6) is -5.02. The van der Waals surface area contributed by atoms with Crippen molar-refractivity contribution in [1.82, 2.24) is 16.0 Å². The van der Waals surface area contributed by atoms with Crippen molar-refractivity contribution < 1.29 is 34.2 Å². The van der Waals surface area contributed by atoms with Crippen LogP contribution in [-0.2, 0) is 30.4 Å². The van der Waals surface area contributed by atoms with Crippen molar-refractivity contribution >= 4 is 29.7 Å². The number of carbonyl (C=O) groups excluding carboxylic acids is 3. The first-order valence-corrected chi connectivity index (χ1v) is 12.6. The van der Waals surface area contributed by atoms with E-state index in [1.165, 1.54) is 0 Å². The van der Waals surface area contributed by atoms with Crippen LogP contribution in [0.2, 0.25) is 0 Å². The van der Waals surface area contributed by atoms with Crippen LogP contribution in [0.5, 0.6) is 0 Å². The van der Waals surface area contributed by atoms with Crippen molar-refractivity contribution in [2.75, 3.05) is 13.1 Å². The summed E-state index contributed by atoms with van der Waals surface area (Å²) in [4.78, 5) is 61.5. The quantitative estimate of drug-likeness (QED) is 0.0985. The van der Waals surface area contributed by atoms with E-state index in [2.05, 4.69) is 16.0 Å². The molecule has 1 rings (SSSR count). The summed E-state index contributed by atoms with van der Waals surface area (Å²) in [7, 11) is 0. The highest BCUT2D eigenvalue weighted by atomic mass is 16.4. The molecule has 0 aliphatic rings. The predicted molar refractivity (Wildman–Crippen MR) is 140 cm³/mol. The molecule has 0 saturated carbocycles. The molecule has 4 unspecified atom stereocenters. The maximum atomic E-state index is 13.1. The average Bonchev–Trinajstić information content (AvgIpc) is 2.87. The van der Waals surface area contributed by atoms with Crippen LogP contribution in [0.4, 0.5) is 0 Å². The first-order valence-electron chi connectivity index (χ1n) is 12.6. The van der Waals surface area contributed by atoms with Gasteiger partial charge in [0, 0.05) is 0 Å². The van der Waals surface area contributed by atoms with Gasteiger partial charge in [0.25, 0.3) is 0 Å². The number of carboxylic acid groups (broad SMARTS) is 2. The van der Waals surface area contributed by atoms with Crippen LogP contribution >= 0.6 is 0 Å². The number of unbranched alkanes of at least 4 members (excludes halogenated alkanes) is 2. The maximum absolute atomic E-state index is 13.1. The van der Waals surface area contributed by atoms with Gasteiger partial charge in [-0.05, 0) is 63.6 Å². The molecule has 0 fully saturated rings. The molecule has 1 aromatic rings. The number of carbonyl (C=O) groups is 5. The van der Waals surface area contributed by atoms with Crippen LogP contribution in [0.1, 0.15) is 50.5 Å². The monoisotopic (exact) mass is 536 g/mol. The molecule has 0 saturated heterocycles. The molecular formula is C25H40N6O7. The fourth-order valence-corrected chi connectivity index (χ4v) is 3.68. The summed E-state index contributed by atoms with van der Waals surface area (Å²) in [5, 5.41) is 25.9. The highest BCUT2D eigenvalue weighted by Gasteiger charge is 2.31. The van der Waals surface area contributed by atoms with Gasteiger partial charge in [0.05, 0.1) is 12.5 Å². The van der Waals surface area contributed by atoms with E-state index in [1.54, 1.807) is 0 Å². The summed E-state index contributed by atoms with van der Waals surface area (Å²) in [6.07, 6.45) is 1.72. The molecule has 0 spiro atoms. The van der Waals surface area contributed by atoms with Crippen LogP contribution < -0.4 is 33.2 Å². The van der Waals surface area contributed by atoms with Crippen LogP contribution in [0.15, 0.2) is 30.3 Å². The molecule has 38 heavy (non-hydrogen) atoms. The van der Waals surface area contributed by atoms with Gasteiger partial charge in [0.1, 0.15) is 18.1 Å². The lowest BCUT2D eigenvalue weighted by atomic mass is 10.0. The smallest absolute Gasteiger partial charge is 0.326 e. The number of nitrogens with two attached hydrogens (primary N) is 3. The van der Waals surface area contributed by atoms with E-state index in [0.29, 0.717) is 38.8 Å². The van der Waals surface area contributed by atoms with Crippen molar-refractivity contribution in [1.29, 1.82) is 0 Å². The Hall–Kier alpha value is -3.55. The van der Waals surface area contributed by atoms with E-state index < -0.39 is 60.2 Å². The molecule has 11 N–H and O–H groups in total. The first-order chi connectivity index (χ1) is 18.1. The number of hydrogen-bond donors (Lipinski definition) is 8. The molecule has 3 amide bonds. The Morgan fingerprint density at radius 1 is 0.711 bits per heavy atom. The molecule has 4 atom stereocenters. The molecule has 0 aliphatic heterocycles. The van der Waals surface area contributed by atoms with Crippen molar-refractivity contribution in [3.05, 3.63) is 35.9 Å². The van der Waals surface area contributed by atoms with Crippen molar-refractivity contribution in [2.45, 2.75) is 75.5 Å². The lowest BCUT2D eigenvalue weighted by molar-refractivity contribution is -0.143. The average molecular weight is 537 g/mol. The zero-order valence-corrected chi connectivity index (χ0v) is 21.4. The standard InChI is InChI=1S/C25H40N6O7/c26-12-6-4-10-18(29-22(34)17(28)14-16-8-2-1-3-9-16)23(35)31-20(15-21(32)33)24(36)30-19(25(37)38)11-5-7-13-27/h1-3,8-9,17-20H,4-7,10-15,26-28H2,(H,29,34)(H,30,36)(H,31,35)(H,32,33)(H,37,38). The van der Waals surface area contributed by atoms with Gasteiger partial charge < -0.3 is 43.4 Å². The zero-order chi connectivity index (χ0) is 28.5. The van der Waals surface area contributed by atoms with Crippen molar-refractivity contribution in [3.8, 4) is 0 Å². The molecular weight excluding hydrogens is 496 g/mol. The second-order valence-electron chi connectivity index (χ2n) is 8.98. The molecule has 13 nitrogen and oxygen atoms in total. The SMILES string of the molecule is NCCCCC(NC(=O)C(CC(=O)O)NC(=O)C(CCCCN)NC(=O)C(N)Cc1ccccc1)C(=O)O. The highest BCUT2D eigenvalue weighted by Crippen LogP contribution is 2.07. The molecule has 0 radical (unpaired) electrons. The lowest BCUT2D eigenvalue weighted by Gasteiger charge is -2.24. The van der Waals surface area contributed by atoms with Gasteiger partial charge in [-0.25, -0.2) is 4.79 Å². The molecule has 212 valence electrons. The number of aliphatic carboxylic acids is 2. The van der Waals surface area contributed by atoms with Gasteiger partial charge in [-0.1, -0.05) is 30.3 Å². The fourth-order valence-electron chi connectivity index (χ4n) is 3.68. The largest absolute Gasteiger partial charge is 0.481 e. The predicted octanol–water partition coefficient (Wildman–Crippen LogP) is -1.17. The minimum atomic E-state index is -1.57. The molecule has 13 heteroatoms. The van der Waals surface area contributed by atoms with Crippen LogP contribution in [0.3, 0.4) is 0 Å². The molecule has 0 heterocycles. The lowest BCUT2D eigenvalue weighted by Crippen LogP contribution is -2.57. The summed E-state index contributed by atoms with van der Waals surface area (Å²) in [6, 6.07) is 4.16. The number of carboxylic acids is 2. The summed E-state index contributed by atoms with van der Waals surface area (Å²) >= 11 is 0. The van der Waals surface area contributed by atoms with Gasteiger partial charge in [-0.2, -0.15) is 0 Å². The number of hydrogen-bond acceptors (Lipinski definition) is 8. The van der Waals surface area contributed by atoms with E-state index in [-0.39, 0.29) is 19.3 Å². The second-order valence-corrected chi connectivity index (χ2v) is 8.98. The first kappa shape index (κ1) is 32.5. The third kappa shape index (κ3) is 12.6. The number of nitrogens with one attached hydrogen (secondary N) is 3. The van der Waals surface area contributed by atoms with Crippen molar-refractivity contribution in [2.24, 2.45) is 17.2 Å². The normalized spacial score (nSPS) is 14.0. The zero-order valence-electron chi connectivity index (χ0n) is 21.4. The van der Waals surface area contributed by atoms with Gasteiger partial charge in [0.2, 0.25) is 17.7 Å². The van der Waals surface area contributed by atoms with Gasteiger partial charge in [0.15, 0.2) is 0 Å².